The van der Waals surface area contributed by atoms with Crippen molar-refractivity contribution in [3.63, 3.8) is 0 Å². The van der Waals surface area contributed by atoms with Crippen LogP contribution < -0.4 is 0 Å². The molecule has 1 saturated heterocycles. The van der Waals surface area contributed by atoms with Gasteiger partial charge in [-0.15, -0.1) is 0 Å². The molecule has 1 spiro atoms. The summed E-state index contributed by atoms with van der Waals surface area (Å²) in [4.78, 5) is 38.4. The fourth-order valence-electron chi connectivity index (χ4n) is 7.51. The van der Waals surface area contributed by atoms with E-state index in [2.05, 4.69) is 0 Å². The Morgan fingerprint density at radius 3 is 2.62 bits per heavy atom. The summed E-state index contributed by atoms with van der Waals surface area (Å²) in [7, 11) is 1.44. The lowest BCUT2D eigenvalue weighted by atomic mass is 9.57. The maximum atomic E-state index is 13.3. The number of cyclic esters (lactones) is 1. The van der Waals surface area contributed by atoms with E-state index in [9.17, 15) is 24.6 Å². The first kappa shape index (κ1) is 28.7. The van der Waals surface area contributed by atoms with Crippen molar-refractivity contribution in [1.82, 2.24) is 4.57 Å². The van der Waals surface area contributed by atoms with Gasteiger partial charge >= 0.3 is 11.9 Å². The summed E-state index contributed by atoms with van der Waals surface area (Å²) in [6, 6.07) is 3.13. The fourth-order valence-corrected chi connectivity index (χ4v) is 7.51. The monoisotopic (exact) mass is 557 g/mol. The lowest BCUT2D eigenvalue weighted by molar-refractivity contribution is -0.172. The second kappa shape index (κ2) is 10.6. The van der Waals surface area contributed by atoms with Crippen LogP contribution in [0.4, 0.5) is 0 Å². The van der Waals surface area contributed by atoms with Gasteiger partial charge in [0.2, 0.25) is 5.91 Å². The molecule has 2 fully saturated rings. The molecule has 0 aromatic carbocycles. The number of hydrogen-bond donors (Lipinski definition) is 2. The first-order chi connectivity index (χ1) is 18.9. The highest BCUT2D eigenvalue weighted by molar-refractivity contribution is 5.93. The van der Waals surface area contributed by atoms with E-state index in [1.165, 1.54) is 30.9 Å². The van der Waals surface area contributed by atoms with Crippen molar-refractivity contribution in [2.45, 2.75) is 83.3 Å². The van der Waals surface area contributed by atoms with Gasteiger partial charge in [-0.1, -0.05) is 32.1 Å². The van der Waals surface area contributed by atoms with E-state index < -0.39 is 60.1 Å². The number of methoxy groups -OCH3 is 1. The van der Waals surface area contributed by atoms with Crippen LogP contribution in [-0.4, -0.2) is 82.0 Å². The molecule has 40 heavy (non-hydrogen) atoms. The van der Waals surface area contributed by atoms with Crippen molar-refractivity contribution in [3.8, 4) is 0 Å². The van der Waals surface area contributed by atoms with Gasteiger partial charge in [-0.3, -0.25) is 9.36 Å². The Balaban J connectivity index is 1.56. The lowest BCUT2D eigenvalue weighted by Crippen LogP contribution is -2.57. The second-order valence-electron chi connectivity index (χ2n) is 11.8. The average Bonchev–Trinajstić information content (AvgIpc) is 3.47. The molecule has 1 aromatic heterocycles. The van der Waals surface area contributed by atoms with Crippen molar-refractivity contribution in [3.05, 3.63) is 47.8 Å². The van der Waals surface area contributed by atoms with Crippen LogP contribution in [0.2, 0.25) is 0 Å². The molecule has 0 amide bonds. The van der Waals surface area contributed by atoms with Crippen LogP contribution >= 0.6 is 0 Å². The Hall–Kier alpha value is -2.79. The number of aromatic nitrogens is 1. The van der Waals surface area contributed by atoms with Crippen molar-refractivity contribution in [2.75, 3.05) is 7.11 Å². The van der Waals surface area contributed by atoms with Gasteiger partial charge < -0.3 is 29.2 Å². The maximum absolute atomic E-state index is 13.3. The Morgan fingerprint density at radius 1 is 1.25 bits per heavy atom. The summed E-state index contributed by atoms with van der Waals surface area (Å²) >= 11 is 0. The minimum absolute atomic E-state index is 0.109. The summed E-state index contributed by atoms with van der Waals surface area (Å²) in [5.41, 5.74) is -0.0307. The van der Waals surface area contributed by atoms with Crippen molar-refractivity contribution in [1.29, 1.82) is 0 Å². The molecule has 0 unspecified atom stereocenters. The zero-order valence-electron chi connectivity index (χ0n) is 23.7. The minimum Gasteiger partial charge on any atom is -0.457 e. The van der Waals surface area contributed by atoms with Gasteiger partial charge in [-0.05, 0) is 38.0 Å². The molecular weight excluding hydrogens is 518 g/mol. The zero-order chi connectivity index (χ0) is 29.1. The largest absolute Gasteiger partial charge is 0.457 e. The summed E-state index contributed by atoms with van der Waals surface area (Å²) in [5, 5.41) is 22.2. The normalized spacial score (nSPS) is 42.7. The van der Waals surface area contributed by atoms with E-state index in [1.807, 2.05) is 39.0 Å². The summed E-state index contributed by atoms with van der Waals surface area (Å²) < 4.78 is 25.5. The van der Waals surface area contributed by atoms with Crippen LogP contribution in [0.1, 0.15) is 56.3 Å². The van der Waals surface area contributed by atoms with Crippen LogP contribution in [0, 0.1) is 29.6 Å². The summed E-state index contributed by atoms with van der Waals surface area (Å²) in [6.45, 7) is 8.60. The van der Waals surface area contributed by atoms with E-state index >= 15 is 0 Å². The summed E-state index contributed by atoms with van der Waals surface area (Å²) in [6.07, 6.45) is 2.87. The quantitative estimate of drug-likeness (QED) is 0.423. The third kappa shape index (κ3) is 4.36. The van der Waals surface area contributed by atoms with E-state index in [-0.39, 0.29) is 41.7 Å². The van der Waals surface area contributed by atoms with Gasteiger partial charge in [0, 0.05) is 49.8 Å². The molecule has 2 N–H and O–H groups in total. The smallest absolute Gasteiger partial charge is 0.355 e. The molecule has 4 aliphatic rings. The average molecular weight is 558 g/mol. The Labute approximate surface area is 233 Å². The van der Waals surface area contributed by atoms with E-state index in [1.54, 1.807) is 13.0 Å². The third-order valence-corrected chi connectivity index (χ3v) is 9.42. The molecule has 10 heteroatoms. The first-order valence-corrected chi connectivity index (χ1v) is 14.0. The number of rotatable bonds is 4. The highest BCUT2D eigenvalue weighted by Gasteiger charge is 2.69. The Morgan fingerprint density at radius 2 is 1.98 bits per heavy atom. The number of esters is 2. The molecule has 10 nitrogen and oxygen atoms in total. The van der Waals surface area contributed by atoms with Crippen LogP contribution in [0.5, 0.6) is 0 Å². The topological polar surface area (TPSA) is 134 Å². The lowest BCUT2D eigenvalue weighted by Gasteiger charge is -2.48. The number of aliphatic hydroxyl groups is 2. The Kier molecular flexibility index (Phi) is 7.58. The maximum Gasteiger partial charge on any atom is 0.355 e. The molecule has 0 radical (unpaired) electrons. The first-order valence-electron chi connectivity index (χ1n) is 14.0. The predicted octanol–water partition coefficient (Wildman–Crippen LogP) is 2.53. The molecule has 3 heterocycles. The SMILES string of the molecule is CO[C@H]1C[C@H]2C=C[C@H]3[C@H]4O[C@]2(/C(C)=C/[C@@H](C)[C@@H]([C@@H](C)O)OC1=O)[C@@H]3[C@H](O)[C@@H](C)[C@H]4OC(=O)c1cccn1C(C)=O. The van der Waals surface area contributed by atoms with Crippen LogP contribution in [0.3, 0.4) is 0 Å². The molecular formula is C30H39NO9. The van der Waals surface area contributed by atoms with Gasteiger partial charge in [-0.25, -0.2) is 9.59 Å². The van der Waals surface area contributed by atoms with Gasteiger partial charge in [0.25, 0.3) is 0 Å². The number of aliphatic hydroxyl groups excluding tert-OH is 2. The van der Waals surface area contributed by atoms with Crippen LogP contribution in [0.25, 0.3) is 0 Å². The van der Waals surface area contributed by atoms with Gasteiger partial charge in [-0.2, -0.15) is 0 Å². The molecule has 218 valence electrons. The Bertz CT molecular complexity index is 1230. The zero-order valence-corrected chi connectivity index (χ0v) is 23.7. The summed E-state index contributed by atoms with van der Waals surface area (Å²) in [5.74, 6) is -3.31. The van der Waals surface area contributed by atoms with Crippen molar-refractivity contribution < 1.29 is 43.5 Å². The minimum atomic E-state index is -0.996. The van der Waals surface area contributed by atoms with Crippen molar-refractivity contribution >= 4 is 17.8 Å². The number of ether oxygens (including phenoxy) is 4. The molecule has 2 aliphatic heterocycles. The number of carbonyl (C=O) groups excluding carboxylic acids is 3. The molecule has 1 saturated carbocycles. The predicted molar refractivity (Wildman–Crippen MR) is 142 cm³/mol. The fraction of sp³-hybridized carbons (Fsp3) is 0.633. The van der Waals surface area contributed by atoms with Crippen LogP contribution in [-0.2, 0) is 23.7 Å². The molecule has 5 rings (SSSR count). The molecule has 4 bridgehead atoms. The second-order valence-corrected chi connectivity index (χ2v) is 11.8. The van der Waals surface area contributed by atoms with E-state index in [0.717, 1.165) is 5.57 Å². The number of carbonyl (C=O) groups is 3. The number of hydrogen-bond acceptors (Lipinski definition) is 9. The molecule has 2 aliphatic carbocycles. The third-order valence-electron chi connectivity index (χ3n) is 9.42. The van der Waals surface area contributed by atoms with E-state index in [0.29, 0.717) is 0 Å². The highest BCUT2D eigenvalue weighted by atomic mass is 16.6. The number of nitrogens with zero attached hydrogens (tertiary/aromatic N) is 1. The van der Waals surface area contributed by atoms with Gasteiger partial charge in [0.1, 0.15) is 29.6 Å². The molecule has 12 atom stereocenters. The van der Waals surface area contributed by atoms with E-state index in [4.69, 9.17) is 18.9 Å². The van der Waals surface area contributed by atoms with Gasteiger partial charge in [0.05, 0.1) is 12.2 Å². The molecule has 1 aromatic rings. The van der Waals surface area contributed by atoms with Gasteiger partial charge in [0.15, 0.2) is 6.10 Å². The highest BCUT2D eigenvalue weighted by Crippen LogP contribution is 2.61. The van der Waals surface area contributed by atoms with Crippen molar-refractivity contribution in [2.24, 2.45) is 29.6 Å². The van der Waals surface area contributed by atoms with Crippen LogP contribution in [0.15, 0.2) is 42.1 Å². The standard InChI is InChI=1S/C30H39NO9/c1-14-12-15(2)30-19(13-22(37-6)29(36)38-25(14)17(4)32)9-10-20-23(30)24(34)16(3)26(27(20)40-30)39-28(35)21-8-7-11-31(21)18(5)33/h7-12,14,16-17,19-20,22-27,32,34H,13H2,1-6H3/b15-12+/t14-,16-,17-,19-,20-,22+,23+,24-,25+,26-,27-,30+/m1/s1.